The Balaban J connectivity index is 3.51. The van der Waals surface area contributed by atoms with Gasteiger partial charge in [-0.1, -0.05) is 11.6 Å². The average Bonchev–Trinajstić information content (AvgIpc) is 2.14. The number of benzene rings is 1. The summed E-state index contributed by atoms with van der Waals surface area (Å²) in [5.41, 5.74) is -0.545. The number of hydrogen-bond donors (Lipinski definition) is 1. The summed E-state index contributed by atoms with van der Waals surface area (Å²) in [4.78, 5) is 10.6. The molecule has 0 saturated heterocycles. The average molecular weight is 268 g/mol. The third kappa shape index (κ3) is 2.49. The molecule has 88 valence electrons. The maximum Gasteiger partial charge on any atom is 0.340 e. The van der Waals surface area contributed by atoms with E-state index < -0.39 is 37.3 Å². The normalized spacial score (nSPS) is 11.2. The monoisotopic (exact) mass is 267 g/mol. The van der Waals surface area contributed by atoms with Crippen molar-refractivity contribution in [2.45, 2.75) is 4.90 Å². The highest BCUT2D eigenvalue weighted by molar-refractivity contribution is 7.89. The van der Waals surface area contributed by atoms with Gasteiger partial charge in [-0.25, -0.2) is 22.7 Å². The molecule has 0 heterocycles. The van der Waals surface area contributed by atoms with Crippen molar-refractivity contribution in [3.63, 3.8) is 0 Å². The maximum atomic E-state index is 13.2. The van der Waals surface area contributed by atoms with Gasteiger partial charge in [0.15, 0.2) is 0 Å². The highest BCUT2D eigenvalue weighted by atomic mass is 35.5. The maximum absolute atomic E-state index is 13.2. The van der Waals surface area contributed by atoms with Crippen LogP contribution in [0.5, 0.6) is 0 Å². The molecule has 1 rings (SSSR count). The van der Waals surface area contributed by atoms with Crippen LogP contribution in [-0.2, 0) is 14.8 Å². The Morgan fingerprint density at radius 1 is 1.50 bits per heavy atom. The van der Waals surface area contributed by atoms with Crippen molar-refractivity contribution in [3.8, 4) is 0 Å². The van der Waals surface area contributed by atoms with Crippen molar-refractivity contribution in [1.29, 1.82) is 0 Å². The van der Waals surface area contributed by atoms with Crippen LogP contribution in [-0.4, -0.2) is 21.5 Å². The van der Waals surface area contributed by atoms with Gasteiger partial charge >= 0.3 is 5.97 Å². The quantitative estimate of drug-likeness (QED) is 0.807. The molecule has 0 unspecified atom stereocenters. The molecule has 16 heavy (non-hydrogen) atoms. The Morgan fingerprint density at radius 2 is 2.06 bits per heavy atom. The summed E-state index contributed by atoms with van der Waals surface area (Å²) in [6.45, 7) is 0. The molecule has 0 bridgehead atoms. The first-order valence-electron chi connectivity index (χ1n) is 3.87. The fourth-order valence-corrected chi connectivity index (χ4v) is 2.10. The van der Waals surface area contributed by atoms with Crippen LogP contribution in [0.15, 0.2) is 17.0 Å². The third-order valence-corrected chi connectivity index (χ3v) is 3.11. The minimum absolute atomic E-state index is 0.396. The second-order valence-electron chi connectivity index (χ2n) is 2.80. The molecule has 5 nitrogen and oxygen atoms in total. The van der Waals surface area contributed by atoms with E-state index >= 15 is 0 Å². The Kier molecular flexibility index (Phi) is 3.51. The van der Waals surface area contributed by atoms with E-state index in [2.05, 4.69) is 4.74 Å². The van der Waals surface area contributed by atoms with Crippen molar-refractivity contribution in [3.05, 3.63) is 28.5 Å². The van der Waals surface area contributed by atoms with Crippen molar-refractivity contribution >= 4 is 27.6 Å². The van der Waals surface area contributed by atoms with E-state index in [0.717, 1.165) is 13.2 Å². The Morgan fingerprint density at radius 3 is 2.50 bits per heavy atom. The number of esters is 1. The number of sulfonamides is 1. The lowest BCUT2D eigenvalue weighted by Crippen LogP contribution is -2.15. The van der Waals surface area contributed by atoms with Crippen molar-refractivity contribution in [2.24, 2.45) is 5.14 Å². The number of carbonyl (C=O) groups excluding carboxylic acids is 1. The molecule has 0 fully saturated rings. The molecule has 0 aliphatic heterocycles. The van der Waals surface area contributed by atoms with E-state index in [1.807, 2.05) is 0 Å². The first-order chi connectivity index (χ1) is 7.27. The van der Waals surface area contributed by atoms with Crippen LogP contribution < -0.4 is 5.14 Å². The largest absolute Gasteiger partial charge is 0.465 e. The highest BCUT2D eigenvalue weighted by Crippen LogP contribution is 2.24. The number of ether oxygens (including phenoxy) is 1. The lowest BCUT2D eigenvalue weighted by Gasteiger charge is -2.05. The summed E-state index contributed by atoms with van der Waals surface area (Å²) < 4.78 is 39.6. The Bertz CT molecular complexity index is 543. The molecule has 0 aliphatic carbocycles. The number of methoxy groups -OCH3 is 1. The van der Waals surface area contributed by atoms with Crippen LogP contribution in [0.3, 0.4) is 0 Å². The minimum Gasteiger partial charge on any atom is -0.465 e. The van der Waals surface area contributed by atoms with E-state index in [-0.39, 0.29) is 0 Å². The van der Waals surface area contributed by atoms with Gasteiger partial charge in [0, 0.05) is 0 Å². The second kappa shape index (κ2) is 4.36. The van der Waals surface area contributed by atoms with Crippen LogP contribution in [0.1, 0.15) is 10.4 Å². The zero-order valence-electron chi connectivity index (χ0n) is 8.03. The van der Waals surface area contributed by atoms with Gasteiger partial charge in [0.2, 0.25) is 10.0 Å². The summed E-state index contributed by atoms with van der Waals surface area (Å²) in [6, 6.07) is 1.42. The molecule has 1 aromatic carbocycles. The van der Waals surface area contributed by atoms with E-state index in [1.54, 1.807) is 0 Å². The minimum atomic E-state index is -4.12. The smallest absolute Gasteiger partial charge is 0.340 e. The summed E-state index contributed by atoms with van der Waals surface area (Å²) in [7, 11) is -3.09. The molecule has 2 N–H and O–H groups in total. The van der Waals surface area contributed by atoms with Crippen LogP contribution >= 0.6 is 11.6 Å². The van der Waals surface area contributed by atoms with E-state index in [4.69, 9.17) is 16.7 Å². The molecular weight excluding hydrogens is 261 g/mol. The lowest BCUT2D eigenvalue weighted by atomic mass is 10.2. The molecule has 0 radical (unpaired) electrons. The van der Waals surface area contributed by atoms with Crippen LogP contribution in [0, 0.1) is 5.82 Å². The standard InChI is InChI=1S/C8H7ClFNO4S/c1-15-8(12)4-2-7(16(11,13)14)5(9)3-6(4)10/h2-3H,1H3,(H2,11,13,14). The summed E-state index contributed by atoms with van der Waals surface area (Å²) in [6.07, 6.45) is 0. The van der Waals surface area contributed by atoms with Crippen LogP contribution in [0.4, 0.5) is 4.39 Å². The van der Waals surface area contributed by atoms with Crippen molar-refractivity contribution < 1.29 is 22.3 Å². The SMILES string of the molecule is COC(=O)c1cc(S(N)(=O)=O)c(Cl)cc1F. The van der Waals surface area contributed by atoms with Gasteiger partial charge in [0.25, 0.3) is 0 Å². The molecule has 1 aromatic rings. The van der Waals surface area contributed by atoms with Gasteiger partial charge in [-0.15, -0.1) is 0 Å². The van der Waals surface area contributed by atoms with E-state index in [0.29, 0.717) is 6.07 Å². The van der Waals surface area contributed by atoms with Gasteiger partial charge in [-0.05, 0) is 12.1 Å². The predicted octanol–water partition coefficient (Wildman–Crippen LogP) is 0.913. The first kappa shape index (κ1) is 12.9. The van der Waals surface area contributed by atoms with Gasteiger partial charge in [0.1, 0.15) is 10.7 Å². The predicted molar refractivity (Wildman–Crippen MR) is 54.1 cm³/mol. The van der Waals surface area contributed by atoms with Gasteiger partial charge in [0.05, 0.1) is 17.7 Å². The topological polar surface area (TPSA) is 86.5 Å². The van der Waals surface area contributed by atoms with E-state index in [9.17, 15) is 17.6 Å². The zero-order valence-corrected chi connectivity index (χ0v) is 9.60. The molecular formula is C8H7ClFNO4S. The van der Waals surface area contributed by atoms with Crippen LogP contribution in [0.25, 0.3) is 0 Å². The van der Waals surface area contributed by atoms with Gasteiger partial charge < -0.3 is 4.74 Å². The van der Waals surface area contributed by atoms with Gasteiger partial charge in [-0.3, -0.25) is 0 Å². The van der Waals surface area contributed by atoms with Crippen molar-refractivity contribution in [1.82, 2.24) is 0 Å². The summed E-state index contributed by atoms with van der Waals surface area (Å²) >= 11 is 5.48. The molecule has 0 amide bonds. The fourth-order valence-electron chi connectivity index (χ4n) is 1.01. The lowest BCUT2D eigenvalue weighted by molar-refractivity contribution is 0.0595. The second-order valence-corrected chi connectivity index (χ2v) is 4.74. The zero-order chi connectivity index (χ0) is 12.5. The Hall–Kier alpha value is -1.18. The molecule has 0 spiro atoms. The number of nitrogens with two attached hydrogens (primary N) is 1. The van der Waals surface area contributed by atoms with Crippen molar-refractivity contribution in [2.75, 3.05) is 7.11 Å². The molecule has 0 aliphatic rings. The molecule has 0 aromatic heterocycles. The molecule has 0 saturated carbocycles. The first-order valence-corrected chi connectivity index (χ1v) is 5.80. The highest BCUT2D eigenvalue weighted by Gasteiger charge is 2.20. The third-order valence-electron chi connectivity index (χ3n) is 1.73. The fraction of sp³-hybridized carbons (Fsp3) is 0.125. The molecule has 8 heteroatoms. The number of primary sulfonamides is 1. The summed E-state index contributed by atoms with van der Waals surface area (Å²) in [5.74, 6) is -2.00. The number of carbonyl (C=O) groups is 1. The van der Waals surface area contributed by atoms with Crippen LogP contribution in [0.2, 0.25) is 5.02 Å². The molecule has 0 atom stereocenters. The Labute approximate surface area is 96.0 Å². The number of hydrogen-bond acceptors (Lipinski definition) is 4. The summed E-state index contributed by atoms with van der Waals surface area (Å²) in [5, 5.41) is 4.44. The van der Waals surface area contributed by atoms with E-state index in [1.165, 1.54) is 0 Å². The number of rotatable bonds is 2. The van der Waals surface area contributed by atoms with Gasteiger partial charge in [-0.2, -0.15) is 0 Å². The number of halogens is 2.